The Morgan fingerprint density at radius 3 is 2.68 bits per heavy atom. The van der Waals surface area contributed by atoms with Crippen molar-refractivity contribution in [2.24, 2.45) is 7.05 Å². The Balaban J connectivity index is 1.91. The van der Waals surface area contributed by atoms with E-state index in [4.69, 9.17) is 0 Å². The first kappa shape index (κ1) is 14.3. The first-order valence-electron chi connectivity index (χ1n) is 7.13. The fourth-order valence-electron chi connectivity index (χ4n) is 2.91. The topological polar surface area (TPSA) is 58.4 Å². The fraction of sp³-hybridized carbons (Fsp3) is 0.312. The molecule has 0 bridgehead atoms. The van der Waals surface area contributed by atoms with Gasteiger partial charge in [0.25, 0.3) is 0 Å². The number of aryl methyl sites for hydroxylation is 1. The second kappa shape index (κ2) is 5.29. The molecule has 1 aliphatic rings. The highest BCUT2D eigenvalue weighted by Crippen LogP contribution is 2.33. The minimum atomic E-state index is -0.500. The smallest absolute Gasteiger partial charge is 0.250 e. The second-order valence-corrected chi connectivity index (χ2v) is 5.51. The molecule has 0 N–H and O–H groups in total. The van der Waals surface area contributed by atoms with E-state index in [9.17, 15) is 9.59 Å². The van der Waals surface area contributed by atoms with Crippen LogP contribution in [0.3, 0.4) is 0 Å². The number of hydrogen-bond acceptors (Lipinski definition) is 3. The van der Waals surface area contributed by atoms with Gasteiger partial charge < -0.3 is 4.90 Å². The van der Waals surface area contributed by atoms with E-state index in [2.05, 4.69) is 5.10 Å². The van der Waals surface area contributed by atoms with E-state index in [0.29, 0.717) is 12.1 Å². The van der Waals surface area contributed by atoms with Crippen molar-refractivity contribution in [3.8, 4) is 0 Å². The standard InChI is InChI=1S/C16H18N4O2/c1-11(21)20-14-7-5-4-6-12(14)8-15(20)16(22)19(3)13-9-17-18(2)10-13/h4-7,9-10,15H,8H2,1-3H3/t15-/m0/s1. The highest BCUT2D eigenvalue weighted by atomic mass is 16.2. The van der Waals surface area contributed by atoms with Crippen molar-refractivity contribution in [3.63, 3.8) is 0 Å². The van der Waals surface area contributed by atoms with Crippen LogP contribution in [0.4, 0.5) is 11.4 Å². The van der Waals surface area contributed by atoms with Crippen molar-refractivity contribution in [3.05, 3.63) is 42.2 Å². The van der Waals surface area contributed by atoms with E-state index in [1.807, 2.05) is 24.3 Å². The molecule has 6 heteroatoms. The summed E-state index contributed by atoms with van der Waals surface area (Å²) in [5.41, 5.74) is 2.57. The summed E-state index contributed by atoms with van der Waals surface area (Å²) < 4.78 is 1.64. The summed E-state index contributed by atoms with van der Waals surface area (Å²) in [6.07, 6.45) is 3.95. The van der Waals surface area contributed by atoms with Crippen molar-refractivity contribution in [2.75, 3.05) is 16.8 Å². The van der Waals surface area contributed by atoms with Gasteiger partial charge in [0.05, 0.1) is 11.9 Å². The summed E-state index contributed by atoms with van der Waals surface area (Å²) in [7, 11) is 3.51. The van der Waals surface area contributed by atoms with Gasteiger partial charge in [-0.3, -0.25) is 19.2 Å². The lowest BCUT2D eigenvalue weighted by molar-refractivity contribution is -0.123. The predicted octanol–water partition coefficient (Wildman–Crippen LogP) is 1.36. The van der Waals surface area contributed by atoms with Gasteiger partial charge in [-0.25, -0.2) is 0 Å². The molecule has 0 aliphatic carbocycles. The number of anilines is 2. The molecular weight excluding hydrogens is 280 g/mol. The Kier molecular flexibility index (Phi) is 3.44. The third-order valence-corrected chi connectivity index (χ3v) is 4.01. The lowest BCUT2D eigenvalue weighted by atomic mass is 10.1. The van der Waals surface area contributed by atoms with Crippen LogP contribution in [0.1, 0.15) is 12.5 Å². The highest BCUT2D eigenvalue weighted by Gasteiger charge is 2.38. The maximum Gasteiger partial charge on any atom is 0.250 e. The first-order chi connectivity index (χ1) is 10.5. The third-order valence-electron chi connectivity index (χ3n) is 4.01. The average molecular weight is 298 g/mol. The quantitative estimate of drug-likeness (QED) is 0.841. The lowest BCUT2D eigenvalue weighted by Gasteiger charge is -2.27. The number of rotatable bonds is 2. The largest absolute Gasteiger partial charge is 0.311 e. The molecule has 3 rings (SSSR count). The van der Waals surface area contributed by atoms with Crippen LogP contribution in [0.5, 0.6) is 0 Å². The Labute approximate surface area is 128 Å². The molecule has 0 saturated carbocycles. The number of nitrogens with zero attached hydrogens (tertiary/aromatic N) is 4. The first-order valence-corrected chi connectivity index (χ1v) is 7.13. The SMILES string of the molecule is CC(=O)N1c2ccccc2C[C@H]1C(=O)N(C)c1cnn(C)c1. The molecule has 0 radical (unpaired) electrons. The maximum atomic E-state index is 12.8. The Morgan fingerprint density at radius 2 is 2.05 bits per heavy atom. The van der Waals surface area contributed by atoms with Gasteiger partial charge in [0.15, 0.2) is 0 Å². The molecule has 6 nitrogen and oxygen atoms in total. The average Bonchev–Trinajstić information content (AvgIpc) is 3.09. The number of aromatic nitrogens is 2. The Hall–Kier alpha value is -2.63. The summed E-state index contributed by atoms with van der Waals surface area (Å²) in [6.45, 7) is 1.49. The molecule has 1 aromatic heterocycles. The predicted molar refractivity (Wildman–Crippen MR) is 83.7 cm³/mol. The van der Waals surface area contributed by atoms with Crippen molar-refractivity contribution in [1.29, 1.82) is 0 Å². The van der Waals surface area contributed by atoms with Crippen molar-refractivity contribution < 1.29 is 9.59 Å². The zero-order chi connectivity index (χ0) is 15.9. The number of likely N-dealkylation sites (N-methyl/N-ethyl adjacent to an activating group) is 1. The van der Waals surface area contributed by atoms with Crippen LogP contribution in [-0.4, -0.2) is 34.7 Å². The van der Waals surface area contributed by atoms with Gasteiger partial charge in [0.1, 0.15) is 6.04 Å². The van der Waals surface area contributed by atoms with Gasteiger partial charge in [-0.15, -0.1) is 0 Å². The van der Waals surface area contributed by atoms with Gasteiger partial charge in [0, 0.05) is 39.3 Å². The number of hydrogen-bond donors (Lipinski definition) is 0. The van der Waals surface area contributed by atoms with E-state index in [-0.39, 0.29) is 11.8 Å². The van der Waals surface area contributed by atoms with E-state index < -0.39 is 6.04 Å². The molecule has 1 aliphatic heterocycles. The van der Waals surface area contributed by atoms with Crippen LogP contribution in [0.25, 0.3) is 0 Å². The summed E-state index contributed by atoms with van der Waals surface area (Å²) in [5, 5.41) is 4.08. The van der Waals surface area contributed by atoms with Gasteiger partial charge in [-0.2, -0.15) is 5.10 Å². The molecule has 0 spiro atoms. The zero-order valence-electron chi connectivity index (χ0n) is 12.9. The van der Waals surface area contributed by atoms with Crippen LogP contribution in [0.2, 0.25) is 0 Å². The molecule has 1 aromatic carbocycles. The number of amides is 2. The number of benzene rings is 1. The number of carbonyl (C=O) groups excluding carboxylic acids is 2. The Bertz CT molecular complexity index is 737. The molecule has 22 heavy (non-hydrogen) atoms. The number of para-hydroxylation sites is 1. The Morgan fingerprint density at radius 1 is 1.32 bits per heavy atom. The summed E-state index contributed by atoms with van der Waals surface area (Å²) in [5.74, 6) is -0.234. The van der Waals surface area contributed by atoms with Crippen LogP contribution in [-0.2, 0) is 23.1 Å². The second-order valence-electron chi connectivity index (χ2n) is 5.51. The molecular formula is C16H18N4O2. The van der Waals surface area contributed by atoms with Crippen LogP contribution >= 0.6 is 0 Å². The lowest BCUT2D eigenvalue weighted by Crippen LogP contribution is -2.48. The van der Waals surface area contributed by atoms with Gasteiger partial charge in [0.2, 0.25) is 11.8 Å². The van der Waals surface area contributed by atoms with E-state index in [0.717, 1.165) is 11.3 Å². The fourth-order valence-corrected chi connectivity index (χ4v) is 2.91. The van der Waals surface area contributed by atoms with E-state index in [1.165, 1.54) is 6.92 Å². The molecule has 114 valence electrons. The highest BCUT2D eigenvalue weighted by molar-refractivity contribution is 6.07. The zero-order valence-corrected chi connectivity index (χ0v) is 12.9. The summed E-state index contributed by atoms with van der Waals surface area (Å²) in [6, 6.07) is 7.15. The van der Waals surface area contributed by atoms with E-state index >= 15 is 0 Å². The molecule has 2 amide bonds. The van der Waals surface area contributed by atoms with Crippen LogP contribution in [0.15, 0.2) is 36.7 Å². The van der Waals surface area contributed by atoms with Crippen molar-refractivity contribution in [2.45, 2.75) is 19.4 Å². The summed E-state index contributed by atoms with van der Waals surface area (Å²) in [4.78, 5) is 28.0. The third kappa shape index (κ3) is 2.26. The minimum Gasteiger partial charge on any atom is -0.311 e. The van der Waals surface area contributed by atoms with Gasteiger partial charge in [-0.1, -0.05) is 18.2 Å². The normalized spacial score (nSPS) is 16.5. The number of carbonyl (C=O) groups is 2. The number of fused-ring (bicyclic) bond motifs is 1. The molecule has 1 atom stereocenters. The molecule has 0 fully saturated rings. The van der Waals surface area contributed by atoms with Crippen LogP contribution < -0.4 is 9.80 Å². The molecule has 0 saturated heterocycles. The minimum absolute atomic E-state index is 0.112. The monoisotopic (exact) mass is 298 g/mol. The van der Waals surface area contributed by atoms with Crippen molar-refractivity contribution >= 4 is 23.2 Å². The molecule has 2 heterocycles. The van der Waals surface area contributed by atoms with Crippen LogP contribution in [0, 0.1) is 0 Å². The van der Waals surface area contributed by atoms with Crippen molar-refractivity contribution in [1.82, 2.24) is 9.78 Å². The maximum absolute atomic E-state index is 12.8. The van der Waals surface area contributed by atoms with Gasteiger partial charge in [-0.05, 0) is 11.6 Å². The van der Waals surface area contributed by atoms with E-state index in [1.54, 1.807) is 41.0 Å². The van der Waals surface area contributed by atoms with Gasteiger partial charge >= 0.3 is 0 Å². The molecule has 0 unspecified atom stereocenters. The molecule has 2 aromatic rings. The summed E-state index contributed by atoms with van der Waals surface area (Å²) >= 11 is 0.